The third-order valence-electron chi connectivity index (χ3n) is 7.44. The van der Waals surface area contributed by atoms with E-state index in [4.69, 9.17) is 5.73 Å². The van der Waals surface area contributed by atoms with Crippen molar-refractivity contribution in [3.63, 3.8) is 0 Å². The van der Waals surface area contributed by atoms with Gasteiger partial charge >= 0.3 is 0 Å². The van der Waals surface area contributed by atoms with E-state index < -0.39 is 58.0 Å². The standard InChI is InChI=1S/C25H24N2O7S/c1-27(2)19-14-8-11-7-13-12(10-5-6-35-9-10)3-4-15(28)17(13)20(29)16(11)22(31)25(14,34)23(32)18(21(19)30)24(26)33/h3-6,9,11,14,19,28-29,32,34H,7-8H2,1-2H3,(H2,26,33)/t11-,14-,19-,25-/m0/s1. The number of Topliss-reactive ketones (excluding diaryl/α,β-unsaturated/α-hetero) is 2. The van der Waals surface area contributed by atoms with Gasteiger partial charge in [0.15, 0.2) is 11.4 Å². The van der Waals surface area contributed by atoms with Crippen LogP contribution in [0.5, 0.6) is 5.75 Å². The Morgan fingerprint density at radius 2 is 1.89 bits per heavy atom. The van der Waals surface area contributed by atoms with Crippen molar-refractivity contribution in [1.29, 1.82) is 0 Å². The molecule has 10 heteroatoms. The van der Waals surface area contributed by atoms with Crippen LogP contribution in [0, 0.1) is 11.8 Å². The van der Waals surface area contributed by atoms with Gasteiger partial charge in [0.05, 0.1) is 11.6 Å². The Balaban J connectivity index is 1.75. The van der Waals surface area contributed by atoms with E-state index in [9.17, 15) is 34.8 Å². The lowest BCUT2D eigenvalue weighted by Gasteiger charge is -2.50. The maximum absolute atomic E-state index is 13.8. The Morgan fingerprint density at radius 3 is 2.49 bits per heavy atom. The Morgan fingerprint density at radius 1 is 1.17 bits per heavy atom. The second kappa shape index (κ2) is 7.77. The van der Waals surface area contributed by atoms with E-state index in [1.54, 1.807) is 20.2 Å². The van der Waals surface area contributed by atoms with Crippen LogP contribution >= 0.6 is 11.3 Å². The van der Waals surface area contributed by atoms with E-state index in [0.717, 1.165) is 11.1 Å². The van der Waals surface area contributed by atoms with Gasteiger partial charge in [-0.15, -0.1) is 0 Å². The number of fused-ring (bicyclic) bond motifs is 3. The summed E-state index contributed by atoms with van der Waals surface area (Å²) in [7, 11) is 3.14. The number of rotatable bonds is 3. The molecule has 0 radical (unpaired) electrons. The van der Waals surface area contributed by atoms with Crippen molar-refractivity contribution in [1.82, 2.24) is 4.90 Å². The molecule has 182 valence electrons. The monoisotopic (exact) mass is 496 g/mol. The minimum atomic E-state index is -2.63. The van der Waals surface area contributed by atoms with Gasteiger partial charge in [-0.25, -0.2) is 0 Å². The summed E-state index contributed by atoms with van der Waals surface area (Å²) in [5.41, 5.74) is 4.14. The van der Waals surface area contributed by atoms with E-state index in [1.807, 2.05) is 16.8 Å². The van der Waals surface area contributed by atoms with Crippen molar-refractivity contribution in [2.45, 2.75) is 24.5 Å². The summed E-state index contributed by atoms with van der Waals surface area (Å²) in [5, 5.41) is 48.1. The second-order valence-electron chi connectivity index (χ2n) is 9.46. The number of benzene rings is 1. The third kappa shape index (κ3) is 3.03. The van der Waals surface area contributed by atoms with E-state index in [0.29, 0.717) is 5.56 Å². The number of hydrogen-bond acceptors (Lipinski definition) is 9. The number of phenols is 1. The van der Waals surface area contributed by atoms with Gasteiger partial charge in [-0.1, -0.05) is 6.07 Å². The van der Waals surface area contributed by atoms with Crippen LogP contribution in [0.4, 0.5) is 0 Å². The van der Waals surface area contributed by atoms with Gasteiger partial charge < -0.3 is 26.2 Å². The van der Waals surface area contributed by atoms with Crippen LogP contribution < -0.4 is 5.73 Å². The highest BCUT2D eigenvalue weighted by molar-refractivity contribution is 7.08. The molecule has 0 bridgehead atoms. The Kier molecular flexibility index (Phi) is 5.17. The lowest BCUT2D eigenvalue weighted by molar-refractivity contribution is -0.153. The van der Waals surface area contributed by atoms with Crippen LogP contribution in [0.15, 0.2) is 45.9 Å². The molecule has 4 atom stereocenters. The molecule has 3 aliphatic carbocycles. The summed E-state index contributed by atoms with van der Waals surface area (Å²) >= 11 is 1.50. The fraction of sp³-hybridized carbons (Fsp3) is 0.320. The Bertz CT molecular complexity index is 1360. The van der Waals surface area contributed by atoms with E-state index in [2.05, 4.69) is 0 Å². The number of carbonyl (C=O) groups is 3. The maximum Gasteiger partial charge on any atom is 0.255 e. The minimum Gasteiger partial charge on any atom is -0.508 e. The number of aliphatic hydroxyl groups is 3. The molecule has 5 rings (SSSR count). The lowest BCUT2D eigenvalue weighted by atomic mass is 9.57. The van der Waals surface area contributed by atoms with E-state index in [1.165, 1.54) is 22.3 Å². The fourth-order valence-corrected chi connectivity index (χ4v) is 6.59. The number of likely N-dealkylation sites (N-methyl/N-ethyl adjacent to an activating group) is 1. The molecule has 2 aromatic rings. The van der Waals surface area contributed by atoms with Gasteiger partial charge in [-0.3, -0.25) is 19.3 Å². The summed E-state index contributed by atoms with van der Waals surface area (Å²) in [6.45, 7) is 0. The van der Waals surface area contributed by atoms with Crippen LogP contribution in [0.3, 0.4) is 0 Å². The van der Waals surface area contributed by atoms with Crippen molar-refractivity contribution >= 4 is 34.6 Å². The highest BCUT2D eigenvalue weighted by atomic mass is 32.1. The van der Waals surface area contributed by atoms with Gasteiger partial charge in [-0.2, -0.15) is 11.3 Å². The Hall–Kier alpha value is -3.47. The second-order valence-corrected chi connectivity index (χ2v) is 10.2. The predicted molar refractivity (Wildman–Crippen MR) is 128 cm³/mol. The molecular weight excluding hydrogens is 472 g/mol. The number of nitrogens with two attached hydrogens (primary N) is 1. The first kappa shape index (κ1) is 23.3. The molecule has 0 spiro atoms. The number of nitrogens with zero attached hydrogens (tertiary/aromatic N) is 1. The van der Waals surface area contributed by atoms with Crippen LogP contribution in [0.2, 0.25) is 0 Å². The SMILES string of the molecule is CN(C)[C@@H]1C(=O)C(C(N)=O)=C(O)[C@@]2(O)C(=O)C3=C(O)c4c(O)ccc(-c5ccsc5)c4C[C@H]3C[C@@H]12. The summed E-state index contributed by atoms with van der Waals surface area (Å²) in [6, 6.07) is 3.98. The number of aliphatic hydroxyl groups excluding tert-OH is 2. The third-order valence-corrected chi connectivity index (χ3v) is 8.12. The quantitative estimate of drug-likeness (QED) is 0.401. The number of primary amides is 1. The van der Waals surface area contributed by atoms with E-state index >= 15 is 0 Å². The zero-order chi connectivity index (χ0) is 25.4. The van der Waals surface area contributed by atoms with Crippen molar-refractivity contribution in [2.24, 2.45) is 17.6 Å². The first-order valence-corrected chi connectivity index (χ1v) is 12.0. The zero-order valence-corrected chi connectivity index (χ0v) is 19.8. The Labute approximate surface area is 204 Å². The average molecular weight is 497 g/mol. The zero-order valence-electron chi connectivity index (χ0n) is 19.0. The summed E-state index contributed by atoms with van der Waals surface area (Å²) < 4.78 is 0. The number of phenolic OH excluding ortho intramolecular Hbond substituents is 1. The molecule has 1 aromatic heterocycles. The fourth-order valence-electron chi connectivity index (χ4n) is 5.93. The topological polar surface area (TPSA) is 161 Å². The van der Waals surface area contributed by atoms with Crippen LogP contribution in [0.25, 0.3) is 16.9 Å². The molecule has 1 heterocycles. The highest BCUT2D eigenvalue weighted by Gasteiger charge is 2.64. The first-order valence-electron chi connectivity index (χ1n) is 11.0. The van der Waals surface area contributed by atoms with E-state index in [-0.39, 0.29) is 29.7 Å². The largest absolute Gasteiger partial charge is 0.508 e. The summed E-state index contributed by atoms with van der Waals surface area (Å²) in [6.07, 6.45) is 0.318. The smallest absolute Gasteiger partial charge is 0.255 e. The predicted octanol–water partition coefficient (Wildman–Crippen LogP) is 1.69. The summed E-state index contributed by atoms with van der Waals surface area (Å²) in [5.74, 6) is -6.55. The van der Waals surface area contributed by atoms with Gasteiger partial charge in [0.25, 0.3) is 5.91 Å². The molecule has 3 aliphatic rings. The van der Waals surface area contributed by atoms with Crippen molar-refractivity contribution in [3.05, 3.63) is 57.0 Å². The summed E-state index contributed by atoms with van der Waals surface area (Å²) in [4.78, 5) is 40.4. The number of thiophene rings is 1. The molecule has 6 N–H and O–H groups in total. The molecule has 0 saturated heterocycles. The van der Waals surface area contributed by atoms with Crippen molar-refractivity contribution in [2.75, 3.05) is 14.1 Å². The molecule has 0 unspecified atom stereocenters. The molecule has 0 aliphatic heterocycles. The van der Waals surface area contributed by atoms with Gasteiger partial charge in [-0.05, 0) is 72.4 Å². The van der Waals surface area contributed by atoms with Gasteiger partial charge in [0.2, 0.25) is 5.78 Å². The molecule has 1 saturated carbocycles. The number of ketones is 2. The van der Waals surface area contributed by atoms with Gasteiger partial charge in [0.1, 0.15) is 22.8 Å². The van der Waals surface area contributed by atoms with Gasteiger partial charge in [0, 0.05) is 11.5 Å². The van der Waals surface area contributed by atoms with Crippen molar-refractivity contribution in [3.8, 4) is 16.9 Å². The molecule has 1 amide bonds. The average Bonchev–Trinajstić information content (AvgIpc) is 3.30. The maximum atomic E-state index is 13.8. The lowest BCUT2D eigenvalue weighted by Crippen LogP contribution is -2.65. The molecule has 1 fully saturated rings. The highest BCUT2D eigenvalue weighted by Crippen LogP contribution is 2.53. The number of aromatic hydroxyl groups is 1. The first-order chi connectivity index (χ1) is 16.5. The van der Waals surface area contributed by atoms with Crippen LogP contribution in [0.1, 0.15) is 17.5 Å². The van der Waals surface area contributed by atoms with Crippen LogP contribution in [-0.4, -0.2) is 68.5 Å². The van der Waals surface area contributed by atoms with Crippen LogP contribution in [-0.2, 0) is 20.8 Å². The number of hydrogen-bond donors (Lipinski definition) is 5. The molecule has 35 heavy (non-hydrogen) atoms. The molecule has 1 aromatic carbocycles. The molecule has 9 nitrogen and oxygen atoms in total. The minimum absolute atomic E-state index is 0.0600. The number of carbonyl (C=O) groups excluding carboxylic acids is 3. The normalized spacial score (nSPS) is 28.2. The number of amides is 1. The van der Waals surface area contributed by atoms with Crippen molar-refractivity contribution < 1.29 is 34.8 Å². The molecular formula is C25H24N2O7S.